The first-order chi connectivity index (χ1) is 11.2. The molecule has 124 valence electrons. The summed E-state index contributed by atoms with van der Waals surface area (Å²) in [6.07, 6.45) is 6.42. The number of fused-ring (bicyclic) bond motifs is 1. The van der Waals surface area contributed by atoms with Gasteiger partial charge in [-0.15, -0.1) is 0 Å². The molecule has 1 aromatic carbocycles. The van der Waals surface area contributed by atoms with Gasteiger partial charge in [0.25, 0.3) is 7.41 Å². The number of rotatable bonds is 2. The second-order valence-electron chi connectivity index (χ2n) is 7.95. The molecule has 1 aromatic heterocycles. The van der Waals surface area contributed by atoms with E-state index in [1.807, 2.05) is 24.3 Å². The summed E-state index contributed by atoms with van der Waals surface area (Å²) in [4.78, 5) is 12.0. The topological polar surface area (TPSA) is 33.5 Å². The average Bonchev–Trinajstić information content (AvgIpc) is 2.53. The van der Waals surface area contributed by atoms with Crippen LogP contribution in [-0.2, 0) is 0 Å². The van der Waals surface area contributed by atoms with Gasteiger partial charge in [-0.3, -0.25) is 0 Å². The minimum Gasteiger partial charge on any atom is -0.447 e. The summed E-state index contributed by atoms with van der Waals surface area (Å²) in [7, 11) is -0.822. The van der Waals surface area contributed by atoms with Crippen LogP contribution in [0.5, 0.6) is 0 Å². The van der Waals surface area contributed by atoms with Crippen molar-refractivity contribution in [2.75, 3.05) is 0 Å². The molecule has 1 aliphatic heterocycles. The van der Waals surface area contributed by atoms with Gasteiger partial charge in [-0.1, -0.05) is 63.6 Å². The minimum absolute atomic E-state index is 0.261. The fourth-order valence-electron chi connectivity index (χ4n) is 2.92. The Bertz CT molecular complexity index is 890. The summed E-state index contributed by atoms with van der Waals surface area (Å²) in [5, 5.41) is 1.26. The molecule has 0 amide bonds. The lowest BCUT2D eigenvalue weighted by Crippen LogP contribution is -2.54. The Hall–Kier alpha value is -2.01. The van der Waals surface area contributed by atoms with Gasteiger partial charge in [-0.05, 0) is 28.9 Å². The fourth-order valence-corrected chi connectivity index (χ4v) is 4.81. The molecule has 0 N–H and O–H groups in total. The van der Waals surface area contributed by atoms with Crippen molar-refractivity contribution in [1.82, 2.24) is 4.48 Å². The van der Waals surface area contributed by atoms with E-state index in [0.29, 0.717) is 5.58 Å². The quantitative estimate of drug-likeness (QED) is 0.604. The standard InChI is InChI=1S/C19H24BNO2Si/c1-19(2,3)24(4,5)21-12-8-10-16(20-21)15-13-18(22)23-17-11-7-6-9-14(15)17/h6-13,20H,1-5H3. The minimum atomic E-state index is -1.66. The Labute approximate surface area is 145 Å². The number of benzene rings is 1. The highest BCUT2D eigenvalue weighted by Crippen LogP contribution is 2.39. The van der Waals surface area contributed by atoms with Crippen molar-refractivity contribution in [3.8, 4) is 0 Å². The third kappa shape index (κ3) is 2.89. The number of para-hydroxylation sites is 1. The van der Waals surface area contributed by atoms with Gasteiger partial charge in [0.1, 0.15) is 13.8 Å². The molecule has 5 heteroatoms. The van der Waals surface area contributed by atoms with Gasteiger partial charge >= 0.3 is 5.63 Å². The summed E-state index contributed by atoms with van der Waals surface area (Å²) >= 11 is 0. The second kappa shape index (κ2) is 5.81. The van der Waals surface area contributed by atoms with E-state index >= 15 is 0 Å². The van der Waals surface area contributed by atoms with Crippen molar-refractivity contribution in [3.05, 3.63) is 64.7 Å². The highest BCUT2D eigenvalue weighted by Gasteiger charge is 2.40. The van der Waals surface area contributed by atoms with E-state index in [0.717, 1.165) is 18.4 Å². The van der Waals surface area contributed by atoms with E-state index in [1.165, 1.54) is 5.47 Å². The van der Waals surface area contributed by atoms with Crippen molar-refractivity contribution in [1.29, 1.82) is 0 Å². The zero-order chi connectivity index (χ0) is 17.5. The van der Waals surface area contributed by atoms with Crippen LogP contribution in [0.2, 0.25) is 18.1 Å². The Morgan fingerprint density at radius 1 is 1.17 bits per heavy atom. The fraction of sp³-hybridized carbons (Fsp3) is 0.316. The second-order valence-corrected chi connectivity index (χ2v) is 13.1. The number of allylic oxidation sites excluding steroid dienone is 2. The maximum Gasteiger partial charge on any atom is 0.336 e. The first-order valence-corrected chi connectivity index (χ1v) is 11.3. The number of nitrogens with zero attached hydrogens (tertiary/aromatic N) is 1. The van der Waals surface area contributed by atoms with Gasteiger partial charge < -0.3 is 8.89 Å². The van der Waals surface area contributed by atoms with Gasteiger partial charge in [0.05, 0.1) is 0 Å². The molecule has 0 fully saturated rings. The lowest BCUT2D eigenvalue weighted by Gasteiger charge is -2.47. The molecule has 0 radical (unpaired) electrons. The van der Waals surface area contributed by atoms with Crippen LogP contribution in [-0.4, -0.2) is 20.1 Å². The van der Waals surface area contributed by atoms with E-state index in [1.54, 1.807) is 6.07 Å². The number of hydrogen-bond acceptors (Lipinski definition) is 3. The summed E-state index contributed by atoms with van der Waals surface area (Å²) in [5.74, 6) is 0. The molecule has 0 aliphatic carbocycles. The maximum atomic E-state index is 12.0. The van der Waals surface area contributed by atoms with Gasteiger partial charge in [-0.2, -0.15) is 0 Å². The predicted octanol–water partition coefficient (Wildman–Crippen LogP) is 4.32. The smallest absolute Gasteiger partial charge is 0.336 e. The molecule has 0 bridgehead atoms. The molecule has 2 heterocycles. The molecule has 0 unspecified atom stereocenters. The van der Waals surface area contributed by atoms with E-state index in [9.17, 15) is 4.79 Å². The van der Waals surface area contributed by atoms with Gasteiger partial charge in [0.2, 0.25) is 0 Å². The lowest BCUT2D eigenvalue weighted by molar-refractivity contribution is 0.560. The van der Waals surface area contributed by atoms with E-state index in [-0.39, 0.29) is 10.7 Å². The normalized spacial score (nSPS) is 15.4. The van der Waals surface area contributed by atoms with Gasteiger partial charge in [0.15, 0.2) is 0 Å². The van der Waals surface area contributed by atoms with Crippen LogP contribution in [0.1, 0.15) is 26.3 Å². The molecule has 24 heavy (non-hydrogen) atoms. The van der Waals surface area contributed by atoms with Gasteiger partial charge in [0, 0.05) is 11.5 Å². The molecular weight excluding hydrogens is 313 g/mol. The van der Waals surface area contributed by atoms with E-state index in [4.69, 9.17) is 4.42 Å². The van der Waals surface area contributed by atoms with Crippen LogP contribution in [0.3, 0.4) is 0 Å². The molecule has 0 spiro atoms. The number of hydrogen-bond donors (Lipinski definition) is 0. The van der Waals surface area contributed by atoms with Crippen molar-refractivity contribution in [2.45, 2.75) is 38.9 Å². The van der Waals surface area contributed by atoms with Crippen LogP contribution in [0, 0.1) is 0 Å². The zero-order valence-electron chi connectivity index (χ0n) is 15.1. The SMILES string of the molecule is CC(C)(C)[Si](C)(C)N1BC(c2cc(=O)oc3ccccc23)=CC=C1. The van der Waals surface area contributed by atoms with Crippen molar-refractivity contribution < 1.29 is 4.42 Å². The zero-order valence-corrected chi connectivity index (χ0v) is 16.1. The maximum absolute atomic E-state index is 12.0. The summed E-state index contributed by atoms with van der Waals surface area (Å²) < 4.78 is 7.83. The third-order valence-corrected chi connectivity index (χ3v) is 10.9. The van der Waals surface area contributed by atoms with Crippen LogP contribution >= 0.6 is 0 Å². The largest absolute Gasteiger partial charge is 0.447 e. The molecule has 0 saturated heterocycles. The Balaban J connectivity index is 2.05. The summed E-state index contributed by atoms with van der Waals surface area (Å²) in [5.41, 5.74) is 2.51. The van der Waals surface area contributed by atoms with E-state index < -0.39 is 8.24 Å². The first-order valence-electron chi connectivity index (χ1n) is 8.37. The molecule has 0 saturated carbocycles. The Kier molecular flexibility index (Phi) is 4.08. The molecule has 3 nitrogen and oxygen atoms in total. The van der Waals surface area contributed by atoms with E-state index in [2.05, 4.69) is 56.7 Å². The average molecular weight is 337 g/mol. The van der Waals surface area contributed by atoms with Crippen LogP contribution in [0.15, 0.2) is 57.9 Å². The van der Waals surface area contributed by atoms with Gasteiger partial charge in [-0.25, -0.2) is 4.79 Å². The molecule has 1 aliphatic rings. The van der Waals surface area contributed by atoms with Crippen LogP contribution in [0.25, 0.3) is 16.4 Å². The lowest BCUT2D eigenvalue weighted by atomic mass is 9.75. The highest BCUT2D eigenvalue weighted by molar-refractivity contribution is 6.86. The third-order valence-electron chi connectivity index (χ3n) is 5.45. The molecule has 0 atom stereocenters. The molecule has 2 aromatic rings. The van der Waals surface area contributed by atoms with Crippen molar-refractivity contribution in [3.63, 3.8) is 0 Å². The Morgan fingerprint density at radius 3 is 2.58 bits per heavy atom. The molecular formula is C19H24BNO2Si. The predicted molar refractivity (Wildman–Crippen MR) is 106 cm³/mol. The highest BCUT2D eigenvalue weighted by atomic mass is 28.3. The monoisotopic (exact) mass is 337 g/mol. The molecule has 3 rings (SSSR count). The van der Waals surface area contributed by atoms with Crippen molar-refractivity contribution >= 4 is 32.1 Å². The summed E-state index contributed by atoms with van der Waals surface area (Å²) in [6, 6.07) is 9.37. The Morgan fingerprint density at radius 2 is 1.88 bits per heavy atom. The van der Waals surface area contributed by atoms with Crippen molar-refractivity contribution in [2.24, 2.45) is 0 Å². The summed E-state index contributed by atoms with van der Waals surface area (Å²) in [6.45, 7) is 11.8. The van der Waals surface area contributed by atoms with Crippen LogP contribution < -0.4 is 5.63 Å². The first kappa shape index (κ1) is 16.8. The van der Waals surface area contributed by atoms with Crippen LogP contribution in [0.4, 0.5) is 0 Å².